The standard InChI is InChI=1S/C15H19N3OS.ClH/c1-11(15-17-8-9-20-15)10-18-14(19)7-6-12-4-2-3-5-13(12)16;/h2-5,8-9,11H,6-7,10,16H2,1H3,(H,18,19);1H. The smallest absolute Gasteiger partial charge is 0.220 e. The Morgan fingerprint density at radius 3 is 2.86 bits per heavy atom. The van der Waals surface area contributed by atoms with Crippen LogP contribution in [-0.2, 0) is 11.2 Å². The Kier molecular flexibility index (Phi) is 7.19. The van der Waals surface area contributed by atoms with Gasteiger partial charge < -0.3 is 11.1 Å². The summed E-state index contributed by atoms with van der Waals surface area (Å²) in [6.45, 7) is 2.69. The summed E-state index contributed by atoms with van der Waals surface area (Å²) in [5.41, 5.74) is 7.62. The van der Waals surface area contributed by atoms with Crippen molar-refractivity contribution in [2.75, 3.05) is 12.3 Å². The molecule has 0 aliphatic carbocycles. The Morgan fingerprint density at radius 2 is 2.19 bits per heavy atom. The highest BCUT2D eigenvalue weighted by Gasteiger charge is 2.10. The molecule has 0 fully saturated rings. The number of hydrogen-bond acceptors (Lipinski definition) is 4. The quantitative estimate of drug-likeness (QED) is 0.802. The molecule has 1 heterocycles. The molecule has 1 aromatic carbocycles. The zero-order valence-electron chi connectivity index (χ0n) is 11.9. The second kappa shape index (κ2) is 8.64. The van der Waals surface area contributed by atoms with E-state index in [1.54, 1.807) is 17.5 Å². The molecule has 2 rings (SSSR count). The molecule has 6 heteroatoms. The Hall–Kier alpha value is -1.59. The summed E-state index contributed by atoms with van der Waals surface area (Å²) in [6.07, 6.45) is 2.92. The number of para-hydroxylation sites is 1. The fourth-order valence-electron chi connectivity index (χ4n) is 1.93. The Bertz CT molecular complexity index is 560. The fraction of sp³-hybridized carbons (Fsp3) is 0.333. The van der Waals surface area contributed by atoms with E-state index < -0.39 is 0 Å². The SMILES string of the molecule is CC(CNC(=O)CCc1ccccc1N)c1nccs1.Cl. The molecule has 3 N–H and O–H groups in total. The number of rotatable bonds is 6. The minimum absolute atomic E-state index is 0. The summed E-state index contributed by atoms with van der Waals surface area (Å²) in [6, 6.07) is 7.65. The van der Waals surface area contributed by atoms with Gasteiger partial charge >= 0.3 is 0 Å². The highest BCUT2D eigenvalue weighted by molar-refractivity contribution is 7.09. The van der Waals surface area contributed by atoms with E-state index in [9.17, 15) is 4.79 Å². The Morgan fingerprint density at radius 1 is 1.43 bits per heavy atom. The van der Waals surface area contributed by atoms with Gasteiger partial charge in [0.25, 0.3) is 0 Å². The zero-order valence-corrected chi connectivity index (χ0v) is 13.5. The van der Waals surface area contributed by atoms with Gasteiger partial charge in [0.2, 0.25) is 5.91 Å². The second-order valence-electron chi connectivity index (χ2n) is 4.77. The molecule has 1 atom stereocenters. The third-order valence-corrected chi connectivity index (χ3v) is 4.16. The third kappa shape index (κ3) is 5.36. The van der Waals surface area contributed by atoms with Gasteiger partial charge in [-0.05, 0) is 18.1 Å². The molecule has 0 bridgehead atoms. The van der Waals surface area contributed by atoms with Gasteiger partial charge in [-0.25, -0.2) is 4.98 Å². The van der Waals surface area contributed by atoms with Crippen LogP contribution in [0.5, 0.6) is 0 Å². The number of amides is 1. The van der Waals surface area contributed by atoms with E-state index in [-0.39, 0.29) is 24.2 Å². The van der Waals surface area contributed by atoms with E-state index in [2.05, 4.69) is 17.2 Å². The van der Waals surface area contributed by atoms with Crippen molar-refractivity contribution < 1.29 is 4.79 Å². The van der Waals surface area contributed by atoms with Crippen LogP contribution < -0.4 is 11.1 Å². The lowest BCUT2D eigenvalue weighted by Crippen LogP contribution is -2.27. The summed E-state index contributed by atoms with van der Waals surface area (Å²) in [5, 5.41) is 5.95. The number of aryl methyl sites for hydroxylation is 1. The summed E-state index contributed by atoms with van der Waals surface area (Å²) < 4.78 is 0. The molecule has 2 aromatic rings. The van der Waals surface area contributed by atoms with E-state index in [1.165, 1.54) is 0 Å². The molecule has 0 aliphatic heterocycles. The molecule has 0 aliphatic rings. The number of benzene rings is 1. The van der Waals surface area contributed by atoms with Gasteiger partial charge in [0.15, 0.2) is 0 Å². The van der Waals surface area contributed by atoms with Crippen molar-refractivity contribution in [2.24, 2.45) is 0 Å². The summed E-state index contributed by atoms with van der Waals surface area (Å²) in [7, 11) is 0. The number of nitrogen functional groups attached to an aromatic ring is 1. The van der Waals surface area contributed by atoms with Gasteiger partial charge in [-0.3, -0.25) is 4.79 Å². The molecule has 21 heavy (non-hydrogen) atoms. The average molecular weight is 326 g/mol. The van der Waals surface area contributed by atoms with Gasteiger partial charge in [0, 0.05) is 36.1 Å². The van der Waals surface area contributed by atoms with Crippen LogP contribution in [0.2, 0.25) is 0 Å². The maximum atomic E-state index is 11.8. The van der Waals surface area contributed by atoms with Gasteiger partial charge in [0.05, 0.1) is 5.01 Å². The number of halogens is 1. The number of anilines is 1. The van der Waals surface area contributed by atoms with Crippen LogP contribution in [0.1, 0.15) is 29.8 Å². The minimum atomic E-state index is 0. The lowest BCUT2D eigenvalue weighted by atomic mass is 10.1. The van der Waals surface area contributed by atoms with E-state index in [4.69, 9.17) is 5.73 Å². The summed E-state index contributed by atoms with van der Waals surface area (Å²) in [5.74, 6) is 0.303. The molecular formula is C15H20ClN3OS. The number of nitrogens with one attached hydrogen (secondary N) is 1. The first-order valence-corrected chi connectivity index (χ1v) is 7.54. The monoisotopic (exact) mass is 325 g/mol. The maximum Gasteiger partial charge on any atom is 0.220 e. The van der Waals surface area contributed by atoms with Gasteiger partial charge in [-0.15, -0.1) is 23.7 Å². The molecule has 0 radical (unpaired) electrons. The molecule has 0 saturated carbocycles. The fourth-order valence-corrected chi connectivity index (χ4v) is 2.63. The zero-order chi connectivity index (χ0) is 14.4. The number of nitrogens with two attached hydrogens (primary N) is 1. The van der Waals surface area contributed by atoms with Crippen molar-refractivity contribution in [3.63, 3.8) is 0 Å². The average Bonchev–Trinajstić information content (AvgIpc) is 2.98. The van der Waals surface area contributed by atoms with E-state index in [0.29, 0.717) is 19.4 Å². The number of carbonyl (C=O) groups excluding carboxylic acids is 1. The number of hydrogen-bond donors (Lipinski definition) is 2. The molecule has 114 valence electrons. The van der Waals surface area contributed by atoms with Crippen LogP contribution in [0.3, 0.4) is 0 Å². The highest BCUT2D eigenvalue weighted by Crippen LogP contribution is 2.16. The van der Waals surface area contributed by atoms with Crippen LogP contribution in [-0.4, -0.2) is 17.4 Å². The maximum absolute atomic E-state index is 11.8. The van der Waals surface area contributed by atoms with Crippen molar-refractivity contribution in [1.29, 1.82) is 0 Å². The van der Waals surface area contributed by atoms with Crippen LogP contribution in [0.4, 0.5) is 5.69 Å². The first-order valence-electron chi connectivity index (χ1n) is 6.66. The predicted octanol–water partition coefficient (Wildman–Crippen LogP) is 3.00. The lowest BCUT2D eigenvalue weighted by Gasteiger charge is -2.10. The third-order valence-electron chi connectivity index (χ3n) is 3.15. The molecular weight excluding hydrogens is 306 g/mol. The number of aromatic nitrogens is 1. The Balaban J connectivity index is 0.00000220. The van der Waals surface area contributed by atoms with Gasteiger partial charge in [-0.1, -0.05) is 25.1 Å². The second-order valence-corrected chi connectivity index (χ2v) is 5.70. The van der Waals surface area contributed by atoms with Crippen molar-refractivity contribution in [2.45, 2.75) is 25.7 Å². The van der Waals surface area contributed by atoms with Crippen molar-refractivity contribution in [3.05, 3.63) is 46.4 Å². The molecule has 4 nitrogen and oxygen atoms in total. The van der Waals surface area contributed by atoms with Crippen molar-refractivity contribution in [1.82, 2.24) is 10.3 Å². The largest absolute Gasteiger partial charge is 0.399 e. The van der Waals surface area contributed by atoms with E-state index >= 15 is 0 Å². The summed E-state index contributed by atoms with van der Waals surface area (Å²) in [4.78, 5) is 16.1. The van der Waals surface area contributed by atoms with Crippen LogP contribution in [0.15, 0.2) is 35.8 Å². The minimum Gasteiger partial charge on any atom is -0.399 e. The van der Waals surface area contributed by atoms with Crippen LogP contribution in [0.25, 0.3) is 0 Å². The highest BCUT2D eigenvalue weighted by atomic mass is 35.5. The topological polar surface area (TPSA) is 68.0 Å². The molecule has 0 spiro atoms. The van der Waals surface area contributed by atoms with Gasteiger partial charge in [-0.2, -0.15) is 0 Å². The normalized spacial score (nSPS) is 11.5. The number of nitrogens with zero attached hydrogens (tertiary/aromatic N) is 1. The van der Waals surface area contributed by atoms with Crippen LogP contribution in [0, 0.1) is 0 Å². The van der Waals surface area contributed by atoms with E-state index in [0.717, 1.165) is 16.3 Å². The van der Waals surface area contributed by atoms with Crippen molar-refractivity contribution in [3.8, 4) is 0 Å². The van der Waals surface area contributed by atoms with E-state index in [1.807, 2.05) is 29.6 Å². The van der Waals surface area contributed by atoms with Crippen LogP contribution >= 0.6 is 23.7 Å². The Labute approximate surface area is 135 Å². The molecule has 0 saturated heterocycles. The molecule has 1 amide bonds. The number of thiazole rings is 1. The van der Waals surface area contributed by atoms with Gasteiger partial charge in [0.1, 0.15) is 0 Å². The number of carbonyl (C=O) groups is 1. The summed E-state index contributed by atoms with van der Waals surface area (Å²) >= 11 is 1.62. The molecule has 1 aromatic heterocycles. The van der Waals surface area contributed by atoms with Crippen molar-refractivity contribution >= 4 is 35.3 Å². The first kappa shape index (κ1) is 17.5. The first-order chi connectivity index (χ1) is 9.66. The predicted molar refractivity (Wildman–Crippen MR) is 90.0 cm³/mol. The molecule has 1 unspecified atom stereocenters. The lowest BCUT2D eigenvalue weighted by molar-refractivity contribution is -0.121.